The van der Waals surface area contributed by atoms with E-state index in [1.807, 2.05) is 69.3 Å². The summed E-state index contributed by atoms with van der Waals surface area (Å²) in [5, 5.41) is 3.86. The van der Waals surface area contributed by atoms with Gasteiger partial charge in [0, 0.05) is 5.39 Å². The van der Waals surface area contributed by atoms with Gasteiger partial charge < -0.3 is 20.2 Å². The Balaban J connectivity index is 0.00000261. The first-order valence-corrected chi connectivity index (χ1v) is 8.77. The van der Waals surface area contributed by atoms with Crippen LogP contribution in [0.2, 0.25) is 0 Å². The molecule has 0 bridgehead atoms. The minimum atomic E-state index is -0.721. The van der Waals surface area contributed by atoms with Gasteiger partial charge in [-0.1, -0.05) is 42.0 Å². The van der Waals surface area contributed by atoms with E-state index < -0.39 is 6.04 Å². The molecule has 27 heavy (non-hydrogen) atoms. The molecular formula is C21H25ClN2O3. The average Bonchev–Trinajstić information content (AvgIpc) is 3.07. The minimum absolute atomic E-state index is 0. The summed E-state index contributed by atoms with van der Waals surface area (Å²) in [6, 6.07) is 14.3. The maximum absolute atomic E-state index is 12.5. The van der Waals surface area contributed by atoms with E-state index >= 15 is 0 Å². The van der Waals surface area contributed by atoms with E-state index in [0.717, 1.165) is 16.5 Å². The molecule has 6 heteroatoms. The number of carbonyl (C=O) groups excluding carboxylic acids is 1. The molecule has 0 saturated heterocycles. The lowest BCUT2D eigenvalue weighted by Gasteiger charge is -2.16. The van der Waals surface area contributed by atoms with Crippen LogP contribution in [-0.4, -0.2) is 12.5 Å². The molecule has 0 aliphatic rings. The molecule has 5 nitrogen and oxygen atoms in total. The summed E-state index contributed by atoms with van der Waals surface area (Å²) in [6.07, 6.45) is 0. The molecule has 0 saturated carbocycles. The van der Waals surface area contributed by atoms with Crippen LogP contribution >= 0.6 is 12.4 Å². The largest absolute Gasteiger partial charge is 0.490 e. The third-order valence-corrected chi connectivity index (χ3v) is 4.33. The molecule has 2 unspecified atom stereocenters. The number of amides is 1. The van der Waals surface area contributed by atoms with Gasteiger partial charge in [-0.3, -0.25) is 4.79 Å². The molecule has 3 N–H and O–H groups in total. The normalized spacial score (nSPS) is 12.9. The predicted molar refractivity (Wildman–Crippen MR) is 109 cm³/mol. The van der Waals surface area contributed by atoms with Gasteiger partial charge in [0.2, 0.25) is 5.91 Å². The molecule has 2 atom stereocenters. The van der Waals surface area contributed by atoms with Crippen molar-refractivity contribution in [3.05, 3.63) is 65.4 Å². The van der Waals surface area contributed by atoms with E-state index in [1.165, 1.54) is 0 Å². The Morgan fingerprint density at radius 2 is 1.93 bits per heavy atom. The third kappa shape index (κ3) is 4.62. The van der Waals surface area contributed by atoms with Crippen molar-refractivity contribution in [2.24, 2.45) is 5.73 Å². The molecule has 0 spiro atoms. The van der Waals surface area contributed by atoms with Crippen molar-refractivity contribution in [3.63, 3.8) is 0 Å². The molecule has 2 aromatic carbocycles. The lowest BCUT2D eigenvalue weighted by molar-refractivity contribution is -0.123. The first kappa shape index (κ1) is 20.8. The van der Waals surface area contributed by atoms with Gasteiger partial charge in [0.15, 0.2) is 11.3 Å². The van der Waals surface area contributed by atoms with Gasteiger partial charge in [-0.2, -0.15) is 0 Å². The Bertz CT molecular complexity index is 905. The van der Waals surface area contributed by atoms with Crippen LogP contribution in [0.1, 0.15) is 42.8 Å². The van der Waals surface area contributed by atoms with E-state index in [9.17, 15) is 4.79 Å². The summed E-state index contributed by atoms with van der Waals surface area (Å²) >= 11 is 0. The summed E-state index contributed by atoms with van der Waals surface area (Å²) in [6.45, 7) is 6.36. The van der Waals surface area contributed by atoms with E-state index in [2.05, 4.69) is 5.32 Å². The number of hydrogen-bond donors (Lipinski definition) is 2. The van der Waals surface area contributed by atoms with Crippen LogP contribution in [0.5, 0.6) is 5.75 Å². The second-order valence-electron chi connectivity index (χ2n) is 6.37. The van der Waals surface area contributed by atoms with E-state index in [-0.39, 0.29) is 24.4 Å². The fraction of sp³-hybridized carbons (Fsp3) is 0.286. The Hall–Kier alpha value is -2.50. The maximum Gasteiger partial charge on any atom is 0.242 e. The Labute approximate surface area is 165 Å². The number of ether oxygens (including phenoxy) is 1. The minimum Gasteiger partial charge on any atom is -0.490 e. The van der Waals surface area contributed by atoms with Crippen LogP contribution in [0.3, 0.4) is 0 Å². The van der Waals surface area contributed by atoms with Crippen LogP contribution in [0.15, 0.2) is 52.9 Å². The van der Waals surface area contributed by atoms with Crippen LogP contribution in [-0.2, 0) is 4.79 Å². The smallest absolute Gasteiger partial charge is 0.242 e. The van der Waals surface area contributed by atoms with Crippen molar-refractivity contribution in [3.8, 4) is 5.75 Å². The Morgan fingerprint density at radius 3 is 2.59 bits per heavy atom. The first-order valence-electron chi connectivity index (χ1n) is 8.77. The molecule has 0 radical (unpaired) electrons. The Kier molecular flexibility index (Phi) is 6.88. The molecule has 3 rings (SSSR count). The quantitative estimate of drug-likeness (QED) is 0.654. The highest BCUT2D eigenvalue weighted by atomic mass is 35.5. The number of halogens is 1. The number of aryl methyl sites for hydroxylation is 1. The van der Waals surface area contributed by atoms with Crippen LogP contribution < -0.4 is 15.8 Å². The van der Waals surface area contributed by atoms with Crippen molar-refractivity contribution in [1.29, 1.82) is 0 Å². The molecule has 1 amide bonds. The summed E-state index contributed by atoms with van der Waals surface area (Å²) in [5.41, 5.74) is 8.69. The summed E-state index contributed by atoms with van der Waals surface area (Å²) in [5.74, 6) is 1.12. The van der Waals surface area contributed by atoms with Crippen LogP contribution in [0.4, 0.5) is 0 Å². The van der Waals surface area contributed by atoms with E-state index in [4.69, 9.17) is 14.9 Å². The highest BCUT2D eigenvalue weighted by Crippen LogP contribution is 2.31. The fourth-order valence-corrected chi connectivity index (χ4v) is 2.84. The summed E-state index contributed by atoms with van der Waals surface area (Å²) in [7, 11) is 0. The molecule has 3 aromatic rings. The van der Waals surface area contributed by atoms with Gasteiger partial charge in [0.1, 0.15) is 11.8 Å². The molecule has 0 aliphatic heterocycles. The number of rotatable bonds is 6. The average molecular weight is 389 g/mol. The van der Waals surface area contributed by atoms with E-state index in [0.29, 0.717) is 23.7 Å². The number of hydrogen-bond acceptors (Lipinski definition) is 4. The number of benzene rings is 2. The zero-order chi connectivity index (χ0) is 18.7. The lowest BCUT2D eigenvalue weighted by Crippen LogP contribution is -2.35. The van der Waals surface area contributed by atoms with Crippen molar-refractivity contribution >= 4 is 29.3 Å². The van der Waals surface area contributed by atoms with Gasteiger partial charge in [0.25, 0.3) is 0 Å². The molecule has 1 heterocycles. The molecular weight excluding hydrogens is 364 g/mol. The van der Waals surface area contributed by atoms with Gasteiger partial charge >= 0.3 is 0 Å². The topological polar surface area (TPSA) is 77.5 Å². The van der Waals surface area contributed by atoms with Crippen molar-refractivity contribution in [2.45, 2.75) is 32.9 Å². The van der Waals surface area contributed by atoms with Crippen molar-refractivity contribution < 1.29 is 13.9 Å². The van der Waals surface area contributed by atoms with Crippen LogP contribution in [0.25, 0.3) is 11.0 Å². The van der Waals surface area contributed by atoms with Crippen molar-refractivity contribution in [1.82, 2.24) is 5.32 Å². The standard InChI is InChI=1S/C21H24N2O3.ClH/c1-4-25-17-7-5-6-16-12-18(26-20(16)17)14(3)23-21(24)19(22)15-10-8-13(2)9-11-15;/h5-12,14,19H,4,22H2,1-3H3,(H,23,24);1H. The number of para-hydroxylation sites is 1. The number of carbonyl (C=O) groups is 1. The second-order valence-corrected chi connectivity index (χ2v) is 6.37. The second kappa shape index (κ2) is 8.93. The van der Waals surface area contributed by atoms with Crippen molar-refractivity contribution in [2.75, 3.05) is 6.61 Å². The predicted octanol–water partition coefficient (Wildman–Crippen LogP) is 4.44. The molecule has 0 fully saturated rings. The third-order valence-electron chi connectivity index (χ3n) is 4.33. The highest BCUT2D eigenvalue weighted by molar-refractivity contribution is 5.86. The molecule has 1 aromatic heterocycles. The fourth-order valence-electron chi connectivity index (χ4n) is 2.84. The van der Waals surface area contributed by atoms with Crippen LogP contribution in [0, 0.1) is 6.92 Å². The SMILES string of the molecule is CCOc1cccc2cc(C(C)NC(=O)C(N)c3ccc(C)cc3)oc12.Cl. The zero-order valence-corrected chi connectivity index (χ0v) is 16.5. The van der Waals surface area contributed by atoms with E-state index in [1.54, 1.807) is 0 Å². The highest BCUT2D eigenvalue weighted by Gasteiger charge is 2.21. The first-order chi connectivity index (χ1) is 12.5. The van der Waals surface area contributed by atoms with Gasteiger partial charge in [-0.15, -0.1) is 12.4 Å². The lowest BCUT2D eigenvalue weighted by atomic mass is 10.0. The monoisotopic (exact) mass is 388 g/mol. The summed E-state index contributed by atoms with van der Waals surface area (Å²) in [4.78, 5) is 12.5. The Morgan fingerprint density at radius 1 is 1.22 bits per heavy atom. The summed E-state index contributed by atoms with van der Waals surface area (Å²) < 4.78 is 11.5. The number of fused-ring (bicyclic) bond motifs is 1. The zero-order valence-electron chi connectivity index (χ0n) is 15.7. The number of furan rings is 1. The van der Waals surface area contributed by atoms with Gasteiger partial charge in [0.05, 0.1) is 12.6 Å². The number of nitrogens with one attached hydrogen (secondary N) is 1. The maximum atomic E-state index is 12.5. The molecule has 0 aliphatic carbocycles. The van der Waals surface area contributed by atoms with Gasteiger partial charge in [-0.05, 0) is 38.5 Å². The molecule has 144 valence electrons. The number of nitrogens with two attached hydrogens (primary N) is 1. The van der Waals surface area contributed by atoms with Gasteiger partial charge in [-0.25, -0.2) is 0 Å².